The summed E-state index contributed by atoms with van der Waals surface area (Å²) >= 11 is 0. The number of nitrogens with two attached hydrogens (primary N) is 1. The molecule has 1 aliphatic heterocycles. The summed E-state index contributed by atoms with van der Waals surface area (Å²) in [6.45, 7) is 2.75. The molecule has 14 heavy (non-hydrogen) atoms. The smallest absolute Gasteiger partial charge is 0.140 e. The minimum absolute atomic E-state index is 0.468. The molecule has 2 N–H and O–H groups in total. The summed E-state index contributed by atoms with van der Waals surface area (Å²) in [6, 6.07) is 2.00. The monoisotopic (exact) mass is 195 g/mol. The normalized spacial score (nSPS) is 20.1. The quantitative estimate of drug-likeness (QED) is 0.763. The van der Waals surface area contributed by atoms with Crippen LogP contribution >= 0.6 is 0 Å². The first-order valence-corrected chi connectivity index (χ1v) is 5.13. The van der Waals surface area contributed by atoms with Gasteiger partial charge in [0.1, 0.15) is 5.76 Å². The third-order valence-corrected chi connectivity index (χ3v) is 2.91. The van der Waals surface area contributed by atoms with Gasteiger partial charge in [-0.3, -0.25) is 0 Å². The van der Waals surface area contributed by atoms with Crippen molar-refractivity contribution in [3.8, 4) is 0 Å². The van der Waals surface area contributed by atoms with Crippen molar-refractivity contribution < 1.29 is 4.52 Å². The zero-order chi connectivity index (χ0) is 9.97. The Morgan fingerprint density at radius 2 is 2.29 bits per heavy atom. The fraction of sp³-hybridized carbons (Fsp3) is 0.700. The van der Waals surface area contributed by atoms with Gasteiger partial charge in [0, 0.05) is 18.5 Å². The zero-order valence-electron chi connectivity index (χ0n) is 8.57. The SMILES string of the molecule is CN1CCC(c2cc(CN)no2)CC1. The van der Waals surface area contributed by atoms with E-state index in [1.165, 1.54) is 0 Å². The molecule has 0 aliphatic carbocycles. The van der Waals surface area contributed by atoms with Gasteiger partial charge in [-0.05, 0) is 33.0 Å². The van der Waals surface area contributed by atoms with Crippen LogP contribution in [0.1, 0.15) is 30.2 Å². The Morgan fingerprint density at radius 1 is 1.57 bits per heavy atom. The van der Waals surface area contributed by atoms with E-state index in [4.69, 9.17) is 10.3 Å². The van der Waals surface area contributed by atoms with Gasteiger partial charge in [-0.2, -0.15) is 0 Å². The lowest BCUT2D eigenvalue weighted by Crippen LogP contribution is -2.29. The second kappa shape index (κ2) is 4.11. The molecule has 0 unspecified atom stereocenters. The van der Waals surface area contributed by atoms with Crippen molar-refractivity contribution in [2.24, 2.45) is 5.73 Å². The second-order valence-electron chi connectivity index (χ2n) is 4.00. The highest BCUT2D eigenvalue weighted by Crippen LogP contribution is 2.27. The predicted molar refractivity (Wildman–Crippen MR) is 53.9 cm³/mol. The molecule has 0 saturated carbocycles. The topological polar surface area (TPSA) is 55.3 Å². The van der Waals surface area contributed by atoms with Crippen LogP contribution in [0.5, 0.6) is 0 Å². The fourth-order valence-electron chi connectivity index (χ4n) is 1.91. The van der Waals surface area contributed by atoms with Gasteiger partial charge < -0.3 is 15.2 Å². The molecule has 0 amide bonds. The van der Waals surface area contributed by atoms with E-state index in [0.29, 0.717) is 12.5 Å². The summed E-state index contributed by atoms with van der Waals surface area (Å²) in [6.07, 6.45) is 2.32. The molecular formula is C10H17N3O. The maximum absolute atomic E-state index is 5.48. The summed E-state index contributed by atoms with van der Waals surface area (Å²) in [4.78, 5) is 2.34. The number of hydrogen-bond donors (Lipinski definition) is 1. The van der Waals surface area contributed by atoms with Gasteiger partial charge in [0.2, 0.25) is 0 Å². The molecule has 0 spiro atoms. The van der Waals surface area contributed by atoms with Crippen LogP contribution in [0.3, 0.4) is 0 Å². The van der Waals surface area contributed by atoms with Gasteiger partial charge >= 0.3 is 0 Å². The van der Waals surface area contributed by atoms with Gasteiger partial charge in [0.25, 0.3) is 0 Å². The van der Waals surface area contributed by atoms with Gasteiger partial charge in [-0.1, -0.05) is 5.16 Å². The Kier molecular flexibility index (Phi) is 2.84. The van der Waals surface area contributed by atoms with E-state index in [2.05, 4.69) is 17.1 Å². The summed E-state index contributed by atoms with van der Waals surface area (Å²) in [7, 11) is 2.15. The van der Waals surface area contributed by atoms with E-state index in [1.807, 2.05) is 6.07 Å². The first kappa shape index (κ1) is 9.68. The lowest BCUT2D eigenvalue weighted by atomic mass is 9.94. The number of aromatic nitrogens is 1. The van der Waals surface area contributed by atoms with Crippen molar-refractivity contribution in [3.05, 3.63) is 17.5 Å². The Morgan fingerprint density at radius 3 is 2.86 bits per heavy atom. The van der Waals surface area contributed by atoms with Crippen molar-refractivity contribution in [1.82, 2.24) is 10.1 Å². The minimum Gasteiger partial charge on any atom is -0.361 e. The molecule has 1 aliphatic rings. The highest BCUT2D eigenvalue weighted by atomic mass is 16.5. The second-order valence-corrected chi connectivity index (χ2v) is 4.00. The molecule has 78 valence electrons. The lowest BCUT2D eigenvalue weighted by Gasteiger charge is -2.27. The minimum atomic E-state index is 0.468. The van der Waals surface area contributed by atoms with Crippen molar-refractivity contribution >= 4 is 0 Å². The number of piperidine rings is 1. The summed E-state index contributed by atoms with van der Waals surface area (Å²) in [5.41, 5.74) is 6.34. The van der Waals surface area contributed by atoms with Gasteiger partial charge in [-0.25, -0.2) is 0 Å². The van der Waals surface area contributed by atoms with Gasteiger partial charge in [0.15, 0.2) is 0 Å². The van der Waals surface area contributed by atoms with Crippen LogP contribution in [0.25, 0.3) is 0 Å². The van der Waals surface area contributed by atoms with Crippen molar-refractivity contribution in [3.63, 3.8) is 0 Å². The van der Waals surface area contributed by atoms with Crippen molar-refractivity contribution in [1.29, 1.82) is 0 Å². The Hall–Kier alpha value is -0.870. The fourth-order valence-corrected chi connectivity index (χ4v) is 1.91. The predicted octanol–water partition coefficient (Wildman–Crippen LogP) is 0.943. The van der Waals surface area contributed by atoms with Crippen LogP contribution in [0.15, 0.2) is 10.6 Å². The standard InChI is InChI=1S/C10H17N3O/c1-13-4-2-8(3-5-13)10-6-9(7-11)12-14-10/h6,8H,2-5,7,11H2,1H3. The number of likely N-dealkylation sites (tertiary alicyclic amines) is 1. The van der Waals surface area contributed by atoms with Crippen LogP contribution in [-0.2, 0) is 6.54 Å². The molecule has 4 nitrogen and oxygen atoms in total. The van der Waals surface area contributed by atoms with Crippen LogP contribution in [0.4, 0.5) is 0 Å². The highest BCUT2D eigenvalue weighted by Gasteiger charge is 2.21. The van der Waals surface area contributed by atoms with Gasteiger partial charge in [-0.15, -0.1) is 0 Å². The van der Waals surface area contributed by atoms with Crippen LogP contribution in [-0.4, -0.2) is 30.2 Å². The third kappa shape index (κ3) is 1.96. The molecular weight excluding hydrogens is 178 g/mol. The Balaban J connectivity index is 2.01. The van der Waals surface area contributed by atoms with E-state index < -0.39 is 0 Å². The van der Waals surface area contributed by atoms with E-state index in [9.17, 15) is 0 Å². The van der Waals surface area contributed by atoms with Gasteiger partial charge in [0.05, 0.1) is 5.69 Å². The number of rotatable bonds is 2. The largest absolute Gasteiger partial charge is 0.361 e. The average molecular weight is 195 g/mol. The van der Waals surface area contributed by atoms with E-state index in [1.54, 1.807) is 0 Å². The molecule has 2 heterocycles. The molecule has 0 radical (unpaired) electrons. The lowest BCUT2D eigenvalue weighted by molar-refractivity contribution is 0.230. The molecule has 1 aromatic heterocycles. The summed E-state index contributed by atoms with van der Waals surface area (Å²) in [5.74, 6) is 1.55. The van der Waals surface area contributed by atoms with E-state index in [0.717, 1.165) is 37.4 Å². The van der Waals surface area contributed by atoms with Crippen LogP contribution in [0.2, 0.25) is 0 Å². The van der Waals surface area contributed by atoms with Crippen molar-refractivity contribution in [2.45, 2.75) is 25.3 Å². The number of nitrogens with zero attached hydrogens (tertiary/aromatic N) is 2. The summed E-state index contributed by atoms with van der Waals surface area (Å²) in [5, 5.41) is 3.92. The molecule has 4 heteroatoms. The molecule has 0 atom stereocenters. The highest BCUT2D eigenvalue weighted by molar-refractivity contribution is 5.10. The molecule has 0 aromatic carbocycles. The Bertz CT molecular complexity index is 289. The first-order chi connectivity index (χ1) is 6.79. The maximum atomic E-state index is 5.48. The van der Waals surface area contributed by atoms with Crippen LogP contribution < -0.4 is 5.73 Å². The molecule has 2 rings (SSSR count). The molecule has 1 saturated heterocycles. The Labute approximate surface area is 84.0 Å². The first-order valence-electron chi connectivity index (χ1n) is 5.13. The van der Waals surface area contributed by atoms with Crippen LogP contribution in [0, 0.1) is 0 Å². The molecule has 1 aromatic rings. The van der Waals surface area contributed by atoms with Crippen molar-refractivity contribution in [2.75, 3.05) is 20.1 Å². The van der Waals surface area contributed by atoms with E-state index in [-0.39, 0.29) is 0 Å². The molecule has 0 bridgehead atoms. The average Bonchev–Trinajstić information content (AvgIpc) is 2.67. The zero-order valence-corrected chi connectivity index (χ0v) is 8.57. The van der Waals surface area contributed by atoms with E-state index >= 15 is 0 Å². The number of hydrogen-bond acceptors (Lipinski definition) is 4. The maximum Gasteiger partial charge on any atom is 0.140 e. The molecule has 1 fully saturated rings. The third-order valence-electron chi connectivity index (χ3n) is 2.91. The summed E-state index contributed by atoms with van der Waals surface area (Å²) < 4.78 is 5.28.